The second-order valence-corrected chi connectivity index (χ2v) is 9.33. The zero-order chi connectivity index (χ0) is 19.2. The molecule has 7 heteroatoms. The molecule has 1 aromatic rings. The van der Waals surface area contributed by atoms with E-state index in [4.69, 9.17) is 0 Å². The molecule has 0 unspecified atom stereocenters. The molecular weight excluding hydrogens is 350 g/mol. The van der Waals surface area contributed by atoms with Crippen molar-refractivity contribution < 1.29 is 13.2 Å². The number of piperidine rings is 1. The molecule has 2 rings (SSSR count). The van der Waals surface area contributed by atoms with Gasteiger partial charge in [-0.15, -0.1) is 0 Å². The van der Waals surface area contributed by atoms with E-state index < -0.39 is 16.1 Å². The molecule has 0 bridgehead atoms. The summed E-state index contributed by atoms with van der Waals surface area (Å²) in [5.41, 5.74) is 0.669. The van der Waals surface area contributed by atoms with Gasteiger partial charge >= 0.3 is 0 Å². The topological polar surface area (TPSA) is 69.7 Å². The van der Waals surface area contributed by atoms with Crippen LogP contribution in [0.2, 0.25) is 0 Å². The van der Waals surface area contributed by atoms with Gasteiger partial charge in [-0.1, -0.05) is 37.3 Å². The van der Waals surface area contributed by atoms with Crippen LogP contribution in [0.5, 0.6) is 0 Å². The summed E-state index contributed by atoms with van der Waals surface area (Å²) in [5.74, 6) is 0.459. The molecule has 1 N–H and O–H groups in total. The summed E-state index contributed by atoms with van der Waals surface area (Å²) < 4.78 is 25.0. The molecule has 1 aliphatic rings. The second kappa shape index (κ2) is 9.48. The highest BCUT2D eigenvalue weighted by Crippen LogP contribution is 2.22. The Morgan fingerprint density at radius 1 is 1.35 bits per heavy atom. The molecule has 2 atom stereocenters. The molecule has 0 aliphatic carbocycles. The van der Waals surface area contributed by atoms with Crippen LogP contribution in [0.15, 0.2) is 30.3 Å². The van der Waals surface area contributed by atoms with Crippen LogP contribution in [0.4, 0.5) is 0 Å². The van der Waals surface area contributed by atoms with Crippen molar-refractivity contribution in [2.75, 3.05) is 39.5 Å². The molecule has 1 fully saturated rings. The zero-order valence-corrected chi connectivity index (χ0v) is 16.8. The predicted octanol–water partition coefficient (Wildman–Crippen LogP) is 1.86. The standard InChI is InChI=1S/C19H31N3O3S/c1-16-9-7-13-22(15-16)14-8-12-20-19(23)18(21(2)26(3,24)25)17-10-5-4-6-11-17/h4-6,10-11,16,18H,7-9,12-15H2,1-3H3,(H,20,23)/t16-,18-/m0/s1. The van der Waals surface area contributed by atoms with Crippen molar-refractivity contribution in [1.82, 2.24) is 14.5 Å². The third-order valence-electron chi connectivity index (χ3n) is 4.94. The summed E-state index contributed by atoms with van der Waals surface area (Å²) in [4.78, 5) is 15.1. The van der Waals surface area contributed by atoms with Crippen LogP contribution in [-0.2, 0) is 14.8 Å². The molecule has 146 valence electrons. The molecule has 1 heterocycles. The number of benzene rings is 1. The van der Waals surface area contributed by atoms with Crippen LogP contribution in [-0.4, -0.2) is 63.0 Å². The largest absolute Gasteiger partial charge is 0.354 e. The number of nitrogens with zero attached hydrogens (tertiary/aromatic N) is 2. The molecule has 1 saturated heterocycles. The van der Waals surface area contributed by atoms with Gasteiger partial charge in [0.05, 0.1) is 6.26 Å². The average molecular weight is 382 g/mol. The third kappa shape index (κ3) is 6.07. The van der Waals surface area contributed by atoms with Crippen LogP contribution >= 0.6 is 0 Å². The van der Waals surface area contributed by atoms with E-state index in [0.29, 0.717) is 12.1 Å². The van der Waals surface area contributed by atoms with E-state index >= 15 is 0 Å². The predicted molar refractivity (Wildman–Crippen MR) is 104 cm³/mol. The lowest BCUT2D eigenvalue weighted by molar-refractivity contribution is -0.124. The minimum absolute atomic E-state index is 0.281. The average Bonchev–Trinajstić information content (AvgIpc) is 2.59. The SMILES string of the molecule is C[C@H]1CCCN(CCCNC(=O)[C@H](c2ccccc2)N(C)S(C)(=O)=O)C1. The number of carbonyl (C=O) groups is 1. The molecule has 0 radical (unpaired) electrons. The zero-order valence-electron chi connectivity index (χ0n) is 16.0. The minimum Gasteiger partial charge on any atom is -0.354 e. The maximum absolute atomic E-state index is 12.7. The molecule has 6 nitrogen and oxygen atoms in total. The Balaban J connectivity index is 1.92. The van der Waals surface area contributed by atoms with E-state index in [-0.39, 0.29) is 5.91 Å². The third-order valence-corrected chi connectivity index (χ3v) is 6.20. The van der Waals surface area contributed by atoms with Gasteiger partial charge in [0.25, 0.3) is 0 Å². The van der Waals surface area contributed by atoms with Crippen molar-refractivity contribution in [3.63, 3.8) is 0 Å². The first-order chi connectivity index (χ1) is 12.3. The molecule has 0 spiro atoms. The monoisotopic (exact) mass is 381 g/mol. The first kappa shape index (κ1) is 20.9. The lowest BCUT2D eigenvalue weighted by Crippen LogP contribution is -2.42. The van der Waals surface area contributed by atoms with Gasteiger partial charge < -0.3 is 10.2 Å². The van der Waals surface area contributed by atoms with Crippen molar-refractivity contribution in [1.29, 1.82) is 0 Å². The van der Waals surface area contributed by atoms with Gasteiger partial charge in [0.15, 0.2) is 0 Å². The number of likely N-dealkylation sites (N-methyl/N-ethyl adjacent to an activating group) is 1. The summed E-state index contributed by atoms with van der Waals surface area (Å²) in [6.45, 7) is 6.03. The Morgan fingerprint density at radius 2 is 2.04 bits per heavy atom. The van der Waals surface area contributed by atoms with Crippen molar-refractivity contribution in [2.45, 2.75) is 32.2 Å². The Labute approximate surface area is 157 Å². The second-order valence-electron chi connectivity index (χ2n) is 7.29. The number of likely N-dealkylation sites (tertiary alicyclic amines) is 1. The number of rotatable bonds is 8. The summed E-state index contributed by atoms with van der Waals surface area (Å²) in [6.07, 6.45) is 4.52. The van der Waals surface area contributed by atoms with Crippen molar-refractivity contribution in [2.24, 2.45) is 5.92 Å². The van der Waals surface area contributed by atoms with Crippen LogP contribution in [0.3, 0.4) is 0 Å². The fraction of sp³-hybridized carbons (Fsp3) is 0.632. The van der Waals surface area contributed by atoms with E-state index in [9.17, 15) is 13.2 Å². The quantitative estimate of drug-likeness (QED) is 0.698. The van der Waals surface area contributed by atoms with Gasteiger partial charge in [0, 0.05) is 20.1 Å². The number of amides is 1. The van der Waals surface area contributed by atoms with Crippen LogP contribution < -0.4 is 5.32 Å². The smallest absolute Gasteiger partial charge is 0.242 e. The highest BCUT2D eigenvalue weighted by atomic mass is 32.2. The molecule has 0 saturated carbocycles. The van der Waals surface area contributed by atoms with E-state index in [1.165, 1.54) is 19.9 Å². The Hall–Kier alpha value is -1.44. The van der Waals surface area contributed by atoms with E-state index in [1.54, 1.807) is 12.1 Å². The Bertz CT molecular complexity index is 679. The van der Waals surface area contributed by atoms with E-state index in [2.05, 4.69) is 17.1 Å². The molecule has 1 amide bonds. The van der Waals surface area contributed by atoms with Crippen molar-refractivity contribution in [3.8, 4) is 0 Å². The fourth-order valence-electron chi connectivity index (χ4n) is 3.45. The normalized spacial score (nSPS) is 20.1. The van der Waals surface area contributed by atoms with Gasteiger partial charge in [-0.3, -0.25) is 4.79 Å². The fourth-order valence-corrected chi connectivity index (χ4v) is 4.05. The van der Waals surface area contributed by atoms with E-state index in [1.807, 2.05) is 18.2 Å². The summed E-state index contributed by atoms with van der Waals surface area (Å²) in [6, 6.07) is 8.17. The van der Waals surface area contributed by atoms with Crippen LogP contribution in [0.25, 0.3) is 0 Å². The molecule has 26 heavy (non-hydrogen) atoms. The van der Waals surface area contributed by atoms with Gasteiger partial charge in [0.1, 0.15) is 6.04 Å². The molecule has 1 aromatic carbocycles. The summed E-state index contributed by atoms with van der Waals surface area (Å²) >= 11 is 0. The lowest BCUT2D eigenvalue weighted by Gasteiger charge is -2.31. The summed E-state index contributed by atoms with van der Waals surface area (Å²) in [7, 11) is -2.04. The maximum Gasteiger partial charge on any atom is 0.242 e. The first-order valence-electron chi connectivity index (χ1n) is 9.27. The summed E-state index contributed by atoms with van der Waals surface area (Å²) in [5, 5.41) is 2.91. The van der Waals surface area contributed by atoms with Crippen LogP contribution in [0.1, 0.15) is 37.8 Å². The highest BCUT2D eigenvalue weighted by Gasteiger charge is 2.30. The number of hydrogen-bond acceptors (Lipinski definition) is 4. The van der Waals surface area contributed by atoms with Gasteiger partial charge in [0.2, 0.25) is 15.9 Å². The van der Waals surface area contributed by atoms with Crippen molar-refractivity contribution in [3.05, 3.63) is 35.9 Å². The molecular formula is C19H31N3O3S. The number of carbonyl (C=O) groups excluding carboxylic acids is 1. The Morgan fingerprint density at radius 3 is 2.65 bits per heavy atom. The Kier molecular flexibility index (Phi) is 7.61. The van der Waals surface area contributed by atoms with Crippen molar-refractivity contribution >= 4 is 15.9 Å². The lowest BCUT2D eigenvalue weighted by atomic mass is 10.0. The van der Waals surface area contributed by atoms with E-state index in [0.717, 1.165) is 42.5 Å². The van der Waals surface area contributed by atoms with Gasteiger partial charge in [-0.2, -0.15) is 4.31 Å². The molecule has 1 aliphatic heterocycles. The molecule has 0 aromatic heterocycles. The highest BCUT2D eigenvalue weighted by molar-refractivity contribution is 7.88. The number of sulfonamides is 1. The minimum atomic E-state index is -3.48. The first-order valence-corrected chi connectivity index (χ1v) is 11.1. The number of hydrogen-bond donors (Lipinski definition) is 1. The maximum atomic E-state index is 12.7. The van der Waals surface area contributed by atoms with Crippen LogP contribution in [0, 0.1) is 5.92 Å². The van der Waals surface area contributed by atoms with Gasteiger partial charge in [-0.25, -0.2) is 8.42 Å². The van der Waals surface area contributed by atoms with Gasteiger partial charge in [-0.05, 0) is 43.8 Å². The number of nitrogens with one attached hydrogen (secondary N) is 1.